The molecule has 3 heterocycles. The maximum absolute atomic E-state index is 12.8. The van der Waals surface area contributed by atoms with Crippen LogP contribution in [0.5, 0.6) is 0 Å². The van der Waals surface area contributed by atoms with Crippen LogP contribution in [0.15, 0.2) is 0 Å². The number of aromatic nitrogens is 2. The third-order valence-corrected chi connectivity index (χ3v) is 6.38. The van der Waals surface area contributed by atoms with Crippen LogP contribution in [-0.2, 0) is 36.0 Å². The van der Waals surface area contributed by atoms with Gasteiger partial charge in [0.05, 0.1) is 5.69 Å². The molecule has 2 amide bonds. The van der Waals surface area contributed by atoms with Gasteiger partial charge in [0.15, 0.2) is 0 Å². The highest BCUT2D eigenvalue weighted by Gasteiger charge is 2.32. The number of hydrogen-bond donors (Lipinski definition) is 0. The van der Waals surface area contributed by atoms with Gasteiger partial charge >= 0.3 is 0 Å². The topological polar surface area (TPSA) is 58.4 Å². The van der Waals surface area contributed by atoms with Crippen LogP contribution >= 0.6 is 0 Å². The molecule has 2 fully saturated rings. The molecular formula is C20H30N4O2. The summed E-state index contributed by atoms with van der Waals surface area (Å²) >= 11 is 0. The Morgan fingerprint density at radius 3 is 2.50 bits per heavy atom. The van der Waals surface area contributed by atoms with Gasteiger partial charge in [0.2, 0.25) is 11.8 Å². The van der Waals surface area contributed by atoms with E-state index in [0.29, 0.717) is 25.3 Å². The van der Waals surface area contributed by atoms with Crippen LogP contribution in [0, 0.1) is 5.92 Å². The summed E-state index contributed by atoms with van der Waals surface area (Å²) in [6.45, 7) is 3.28. The van der Waals surface area contributed by atoms with E-state index in [1.807, 2.05) is 21.5 Å². The first kappa shape index (κ1) is 17.6. The van der Waals surface area contributed by atoms with E-state index in [0.717, 1.165) is 57.4 Å². The summed E-state index contributed by atoms with van der Waals surface area (Å²) in [7, 11) is 1.99. The van der Waals surface area contributed by atoms with E-state index in [-0.39, 0.29) is 11.8 Å². The van der Waals surface area contributed by atoms with Gasteiger partial charge in [-0.3, -0.25) is 14.3 Å². The maximum Gasteiger partial charge on any atom is 0.225 e. The van der Waals surface area contributed by atoms with Gasteiger partial charge in [0, 0.05) is 69.7 Å². The first-order chi connectivity index (χ1) is 12.6. The molecule has 1 saturated heterocycles. The second kappa shape index (κ2) is 7.41. The van der Waals surface area contributed by atoms with Gasteiger partial charge < -0.3 is 9.80 Å². The molecule has 2 aliphatic heterocycles. The third kappa shape index (κ3) is 3.38. The van der Waals surface area contributed by atoms with Gasteiger partial charge in [0.25, 0.3) is 0 Å². The smallest absolute Gasteiger partial charge is 0.225 e. The highest BCUT2D eigenvalue weighted by Crippen LogP contribution is 2.30. The molecule has 0 bridgehead atoms. The molecule has 1 aromatic rings. The molecule has 6 heteroatoms. The number of aryl methyl sites for hydroxylation is 2. The van der Waals surface area contributed by atoms with E-state index in [2.05, 4.69) is 0 Å². The maximum atomic E-state index is 12.8. The van der Waals surface area contributed by atoms with E-state index >= 15 is 0 Å². The Hall–Kier alpha value is -1.85. The Morgan fingerprint density at radius 1 is 1.04 bits per heavy atom. The van der Waals surface area contributed by atoms with Crippen molar-refractivity contribution in [3.63, 3.8) is 0 Å². The second-order valence-electron chi connectivity index (χ2n) is 8.07. The van der Waals surface area contributed by atoms with Crippen molar-refractivity contribution in [3.05, 3.63) is 17.0 Å². The summed E-state index contributed by atoms with van der Waals surface area (Å²) < 4.78 is 1.96. The number of hydrogen-bond acceptors (Lipinski definition) is 3. The standard InChI is InChI=1S/C20H30N4O2/c1-22-18-10-13-24(20(26)15-6-2-3-7-15)14-16(18)17(21-22)8-9-19(25)23-11-4-5-12-23/h15H,2-14H2,1H3. The molecule has 0 aromatic carbocycles. The average Bonchev–Trinajstić information content (AvgIpc) is 3.40. The summed E-state index contributed by atoms with van der Waals surface area (Å²) in [5, 5.41) is 4.69. The van der Waals surface area contributed by atoms with Gasteiger partial charge in [-0.2, -0.15) is 5.10 Å². The lowest BCUT2D eigenvalue weighted by Crippen LogP contribution is -2.39. The monoisotopic (exact) mass is 358 g/mol. The van der Waals surface area contributed by atoms with Crippen molar-refractivity contribution in [2.75, 3.05) is 19.6 Å². The fourth-order valence-electron chi connectivity index (χ4n) is 4.84. The third-order valence-electron chi connectivity index (χ3n) is 6.38. The minimum Gasteiger partial charge on any atom is -0.343 e. The molecule has 4 rings (SSSR count). The SMILES string of the molecule is Cn1nc(CCC(=O)N2CCCC2)c2c1CCN(C(=O)C1CCCC1)C2. The second-order valence-corrected chi connectivity index (χ2v) is 8.07. The Kier molecular flexibility index (Phi) is 5.00. The van der Waals surface area contributed by atoms with Gasteiger partial charge in [0.1, 0.15) is 0 Å². The highest BCUT2D eigenvalue weighted by molar-refractivity contribution is 5.79. The molecule has 0 atom stereocenters. The summed E-state index contributed by atoms with van der Waals surface area (Å²) in [6.07, 6.45) is 8.81. The van der Waals surface area contributed by atoms with Crippen LogP contribution in [0.2, 0.25) is 0 Å². The van der Waals surface area contributed by atoms with Crippen LogP contribution in [-0.4, -0.2) is 51.0 Å². The molecule has 0 spiro atoms. The zero-order valence-corrected chi connectivity index (χ0v) is 15.9. The van der Waals surface area contributed by atoms with Gasteiger partial charge in [-0.15, -0.1) is 0 Å². The Labute approximate surface area is 155 Å². The zero-order valence-electron chi connectivity index (χ0n) is 15.9. The number of carbonyl (C=O) groups is 2. The lowest BCUT2D eigenvalue weighted by molar-refractivity contribution is -0.136. The van der Waals surface area contributed by atoms with Gasteiger partial charge in [-0.1, -0.05) is 12.8 Å². The predicted octanol–water partition coefficient (Wildman–Crippen LogP) is 2.05. The van der Waals surface area contributed by atoms with Crippen LogP contribution in [0.3, 0.4) is 0 Å². The van der Waals surface area contributed by atoms with Crippen molar-refractivity contribution < 1.29 is 9.59 Å². The number of nitrogens with zero attached hydrogens (tertiary/aromatic N) is 4. The quantitative estimate of drug-likeness (QED) is 0.828. The number of carbonyl (C=O) groups excluding carboxylic acids is 2. The molecule has 26 heavy (non-hydrogen) atoms. The molecule has 1 aromatic heterocycles. The molecule has 1 aliphatic carbocycles. The molecule has 142 valence electrons. The lowest BCUT2D eigenvalue weighted by Gasteiger charge is -2.30. The molecule has 0 N–H and O–H groups in total. The first-order valence-corrected chi connectivity index (χ1v) is 10.2. The summed E-state index contributed by atoms with van der Waals surface area (Å²) in [6, 6.07) is 0. The largest absolute Gasteiger partial charge is 0.343 e. The fraction of sp³-hybridized carbons (Fsp3) is 0.750. The highest BCUT2D eigenvalue weighted by atomic mass is 16.2. The van der Waals surface area contributed by atoms with E-state index in [1.54, 1.807) is 0 Å². The van der Waals surface area contributed by atoms with Crippen LogP contribution in [0.4, 0.5) is 0 Å². The molecule has 6 nitrogen and oxygen atoms in total. The normalized spacial score (nSPS) is 20.7. The Morgan fingerprint density at radius 2 is 1.77 bits per heavy atom. The minimum atomic E-state index is 0.230. The van der Waals surface area contributed by atoms with Gasteiger partial charge in [-0.25, -0.2) is 0 Å². The van der Waals surface area contributed by atoms with Crippen LogP contribution < -0.4 is 0 Å². The molecule has 1 saturated carbocycles. The number of amides is 2. The van der Waals surface area contributed by atoms with Crippen LogP contribution in [0.25, 0.3) is 0 Å². The van der Waals surface area contributed by atoms with Crippen molar-refractivity contribution >= 4 is 11.8 Å². The average molecular weight is 358 g/mol. The first-order valence-electron chi connectivity index (χ1n) is 10.2. The summed E-state index contributed by atoms with van der Waals surface area (Å²) in [4.78, 5) is 29.2. The summed E-state index contributed by atoms with van der Waals surface area (Å²) in [5.41, 5.74) is 3.45. The van der Waals surface area contributed by atoms with Gasteiger partial charge in [-0.05, 0) is 25.7 Å². The zero-order chi connectivity index (χ0) is 18.1. The molecule has 0 unspecified atom stereocenters. The lowest BCUT2D eigenvalue weighted by atomic mass is 10.00. The Bertz CT molecular complexity index is 684. The van der Waals surface area contributed by atoms with Crippen molar-refractivity contribution in [2.45, 2.75) is 64.3 Å². The number of likely N-dealkylation sites (tertiary alicyclic amines) is 1. The molecule has 0 radical (unpaired) electrons. The van der Waals surface area contributed by atoms with Crippen LogP contribution in [0.1, 0.15) is 61.9 Å². The molecule has 3 aliphatic rings. The van der Waals surface area contributed by atoms with E-state index in [9.17, 15) is 9.59 Å². The molecular weight excluding hydrogens is 328 g/mol. The van der Waals surface area contributed by atoms with Crippen molar-refractivity contribution in [3.8, 4) is 0 Å². The van der Waals surface area contributed by atoms with E-state index in [1.165, 1.54) is 24.1 Å². The van der Waals surface area contributed by atoms with Crippen molar-refractivity contribution in [2.24, 2.45) is 13.0 Å². The number of rotatable bonds is 4. The van der Waals surface area contributed by atoms with E-state index in [4.69, 9.17) is 5.10 Å². The fourth-order valence-corrected chi connectivity index (χ4v) is 4.84. The minimum absolute atomic E-state index is 0.230. The predicted molar refractivity (Wildman–Crippen MR) is 98.4 cm³/mol. The van der Waals surface area contributed by atoms with Crippen molar-refractivity contribution in [1.29, 1.82) is 0 Å². The van der Waals surface area contributed by atoms with Crippen molar-refractivity contribution in [1.82, 2.24) is 19.6 Å². The number of fused-ring (bicyclic) bond motifs is 1. The van der Waals surface area contributed by atoms with E-state index < -0.39 is 0 Å². The Balaban J connectivity index is 1.43. The summed E-state index contributed by atoms with van der Waals surface area (Å²) in [5.74, 6) is 0.807.